The van der Waals surface area contributed by atoms with Crippen molar-refractivity contribution in [3.8, 4) is 0 Å². The molecule has 0 aliphatic heterocycles. The summed E-state index contributed by atoms with van der Waals surface area (Å²) in [6, 6.07) is 6.39. The van der Waals surface area contributed by atoms with Crippen molar-refractivity contribution in [2.75, 3.05) is 25.1 Å². The Morgan fingerprint density at radius 3 is 2.53 bits per heavy atom. The van der Waals surface area contributed by atoms with Crippen LogP contribution < -0.4 is 4.90 Å². The van der Waals surface area contributed by atoms with Crippen LogP contribution in [0.2, 0.25) is 0 Å². The van der Waals surface area contributed by atoms with Crippen molar-refractivity contribution in [3.05, 3.63) is 29.3 Å². The topological polar surface area (TPSA) is 23.5 Å². The number of para-hydroxylation sites is 1. The van der Waals surface area contributed by atoms with Gasteiger partial charge in [0.15, 0.2) is 0 Å². The van der Waals surface area contributed by atoms with Gasteiger partial charge in [0.25, 0.3) is 0 Å². The van der Waals surface area contributed by atoms with E-state index in [9.17, 15) is 0 Å². The summed E-state index contributed by atoms with van der Waals surface area (Å²) in [6.45, 7) is 7.40. The van der Waals surface area contributed by atoms with Crippen molar-refractivity contribution in [2.45, 2.75) is 26.7 Å². The SMILES string of the molecule is Cc1cccc(C(C)C)c1N(C)CCO. The molecule has 2 nitrogen and oxygen atoms in total. The largest absolute Gasteiger partial charge is 0.395 e. The highest BCUT2D eigenvalue weighted by Crippen LogP contribution is 2.29. The molecular weight excluding hydrogens is 186 g/mol. The van der Waals surface area contributed by atoms with Gasteiger partial charge in [-0.05, 0) is 24.0 Å². The van der Waals surface area contributed by atoms with Gasteiger partial charge in [-0.2, -0.15) is 0 Å². The average Bonchev–Trinajstić information content (AvgIpc) is 2.17. The Kier molecular flexibility index (Phi) is 4.15. The summed E-state index contributed by atoms with van der Waals surface area (Å²) < 4.78 is 0. The van der Waals surface area contributed by atoms with Crippen molar-refractivity contribution in [3.63, 3.8) is 0 Å². The molecule has 0 fully saturated rings. The molecular formula is C13H21NO. The minimum Gasteiger partial charge on any atom is -0.395 e. The molecule has 0 saturated carbocycles. The fourth-order valence-corrected chi connectivity index (χ4v) is 1.93. The van der Waals surface area contributed by atoms with Crippen molar-refractivity contribution >= 4 is 5.69 Å². The van der Waals surface area contributed by atoms with E-state index in [1.807, 2.05) is 7.05 Å². The fraction of sp³-hybridized carbons (Fsp3) is 0.538. The maximum atomic E-state index is 8.98. The zero-order chi connectivity index (χ0) is 11.4. The minimum atomic E-state index is 0.197. The molecule has 1 N–H and O–H groups in total. The van der Waals surface area contributed by atoms with E-state index in [4.69, 9.17) is 5.11 Å². The van der Waals surface area contributed by atoms with Gasteiger partial charge in [-0.25, -0.2) is 0 Å². The summed E-state index contributed by atoms with van der Waals surface area (Å²) in [5.74, 6) is 0.515. The predicted molar refractivity (Wildman–Crippen MR) is 65.6 cm³/mol. The quantitative estimate of drug-likeness (QED) is 0.820. The standard InChI is InChI=1S/C13H21NO/c1-10(2)12-7-5-6-11(3)13(12)14(4)8-9-15/h5-7,10,15H,8-9H2,1-4H3. The summed E-state index contributed by atoms with van der Waals surface area (Å²) in [5, 5.41) is 8.98. The third-order valence-corrected chi connectivity index (χ3v) is 2.71. The van der Waals surface area contributed by atoms with E-state index in [2.05, 4.69) is 43.9 Å². The van der Waals surface area contributed by atoms with Crippen LogP contribution in [0.4, 0.5) is 5.69 Å². The second-order valence-corrected chi connectivity index (χ2v) is 4.31. The van der Waals surface area contributed by atoms with E-state index >= 15 is 0 Å². The maximum absolute atomic E-state index is 8.98. The van der Waals surface area contributed by atoms with E-state index in [-0.39, 0.29) is 6.61 Å². The van der Waals surface area contributed by atoms with Gasteiger partial charge in [0.2, 0.25) is 0 Å². The molecule has 1 aromatic carbocycles. The van der Waals surface area contributed by atoms with Gasteiger partial charge in [0, 0.05) is 19.3 Å². The number of likely N-dealkylation sites (N-methyl/N-ethyl adjacent to an activating group) is 1. The number of rotatable bonds is 4. The molecule has 1 rings (SSSR count). The molecule has 1 aromatic rings. The molecule has 15 heavy (non-hydrogen) atoms. The van der Waals surface area contributed by atoms with Gasteiger partial charge in [-0.1, -0.05) is 32.0 Å². The van der Waals surface area contributed by atoms with Crippen LogP contribution in [0.5, 0.6) is 0 Å². The Balaban J connectivity index is 3.12. The first kappa shape index (κ1) is 12.1. The monoisotopic (exact) mass is 207 g/mol. The number of aliphatic hydroxyl groups is 1. The maximum Gasteiger partial charge on any atom is 0.0606 e. The summed E-state index contributed by atoms with van der Waals surface area (Å²) in [4.78, 5) is 2.13. The fourth-order valence-electron chi connectivity index (χ4n) is 1.93. The second-order valence-electron chi connectivity index (χ2n) is 4.31. The number of nitrogens with zero attached hydrogens (tertiary/aromatic N) is 1. The average molecular weight is 207 g/mol. The first-order valence-corrected chi connectivity index (χ1v) is 5.49. The third-order valence-electron chi connectivity index (χ3n) is 2.71. The number of benzene rings is 1. The first-order valence-electron chi connectivity index (χ1n) is 5.49. The molecule has 0 amide bonds. The lowest BCUT2D eigenvalue weighted by atomic mass is 9.97. The summed E-state index contributed by atoms with van der Waals surface area (Å²) >= 11 is 0. The Labute approximate surface area is 92.5 Å². The molecule has 0 spiro atoms. The summed E-state index contributed by atoms with van der Waals surface area (Å²) in [6.07, 6.45) is 0. The highest BCUT2D eigenvalue weighted by molar-refractivity contribution is 5.60. The smallest absolute Gasteiger partial charge is 0.0606 e. The second kappa shape index (κ2) is 5.17. The molecule has 0 heterocycles. The number of aryl methyl sites for hydroxylation is 1. The van der Waals surface area contributed by atoms with Crippen LogP contribution in [0.3, 0.4) is 0 Å². The van der Waals surface area contributed by atoms with E-state index in [0.717, 1.165) is 0 Å². The number of aliphatic hydroxyl groups excluding tert-OH is 1. The van der Waals surface area contributed by atoms with Crippen molar-refractivity contribution in [1.29, 1.82) is 0 Å². The number of hydrogen-bond acceptors (Lipinski definition) is 2. The molecule has 0 aromatic heterocycles. The zero-order valence-corrected chi connectivity index (χ0v) is 10.1. The molecule has 84 valence electrons. The zero-order valence-electron chi connectivity index (χ0n) is 10.1. The van der Waals surface area contributed by atoms with Crippen molar-refractivity contribution in [2.24, 2.45) is 0 Å². The van der Waals surface area contributed by atoms with E-state index < -0.39 is 0 Å². The Morgan fingerprint density at radius 1 is 1.33 bits per heavy atom. The highest BCUT2D eigenvalue weighted by Gasteiger charge is 2.12. The van der Waals surface area contributed by atoms with Crippen LogP contribution in [0.25, 0.3) is 0 Å². The summed E-state index contributed by atoms with van der Waals surface area (Å²) in [5.41, 5.74) is 3.89. The lowest BCUT2D eigenvalue weighted by Crippen LogP contribution is -2.23. The van der Waals surface area contributed by atoms with Crippen molar-refractivity contribution in [1.82, 2.24) is 0 Å². The molecule has 0 aliphatic rings. The van der Waals surface area contributed by atoms with Crippen LogP contribution in [-0.4, -0.2) is 25.3 Å². The van der Waals surface area contributed by atoms with Crippen LogP contribution in [0.1, 0.15) is 30.9 Å². The van der Waals surface area contributed by atoms with Gasteiger partial charge in [0.05, 0.1) is 6.61 Å². The molecule has 0 atom stereocenters. The summed E-state index contributed by atoms with van der Waals surface area (Å²) in [7, 11) is 2.03. The molecule has 0 radical (unpaired) electrons. The highest BCUT2D eigenvalue weighted by atomic mass is 16.3. The molecule has 0 bridgehead atoms. The van der Waals surface area contributed by atoms with Crippen LogP contribution in [-0.2, 0) is 0 Å². The molecule has 0 aliphatic carbocycles. The van der Waals surface area contributed by atoms with Gasteiger partial charge in [0.1, 0.15) is 0 Å². The minimum absolute atomic E-state index is 0.197. The number of hydrogen-bond donors (Lipinski definition) is 1. The van der Waals surface area contributed by atoms with Gasteiger partial charge in [-0.3, -0.25) is 0 Å². The first-order chi connectivity index (χ1) is 7.07. The van der Waals surface area contributed by atoms with E-state index in [1.54, 1.807) is 0 Å². The van der Waals surface area contributed by atoms with Gasteiger partial charge in [-0.15, -0.1) is 0 Å². The predicted octanol–water partition coefficient (Wildman–Crippen LogP) is 2.55. The molecule has 0 unspecified atom stereocenters. The van der Waals surface area contributed by atoms with Gasteiger partial charge < -0.3 is 10.0 Å². The molecule has 0 saturated heterocycles. The van der Waals surface area contributed by atoms with Crippen LogP contribution in [0, 0.1) is 6.92 Å². The van der Waals surface area contributed by atoms with Crippen LogP contribution in [0.15, 0.2) is 18.2 Å². The van der Waals surface area contributed by atoms with E-state index in [1.165, 1.54) is 16.8 Å². The van der Waals surface area contributed by atoms with Gasteiger partial charge >= 0.3 is 0 Å². The lowest BCUT2D eigenvalue weighted by molar-refractivity contribution is 0.304. The van der Waals surface area contributed by atoms with Crippen molar-refractivity contribution < 1.29 is 5.11 Å². The Hall–Kier alpha value is -1.02. The number of anilines is 1. The normalized spacial score (nSPS) is 10.8. The molecule has 2 heteroatoms. The van der Waals surface area contributed by atoms with E-state index in [0.29, 0.717) is 12.5 Å². The third kappa shape index (κ3) is 2.72. The Bertz CT molecular complexity index is 320. The van der Waals surface area contributed by atoms with Crippen LogP contribution >= 0.6 is 0 Å². The Morgan fingerprint density at radius 2 is 2.00 bits per heavy atom. The lowest BCUT2D eigenvalue weighted by Gasteiger charge is -2.25.